The summed E-state index contributed by atoms with van der Waals surface area (Å²) >= 11 is 0. The van der Waals surface area contributed by atoms with E-state index in [1.807, 2.05) is 12.1 Å². The normalized spacial score (nSPS) is 19.9. The molecule has 6 heteroatoms. The highest BCUT2D eigenvalue weighted by Gasteiger charge is 2.32. The number of nitrogens with zero attached hydrogens (tertiary/aromatic N) is 1. The van der Waals surface area contributed by atoms with Crippen LogP contribution in [-0.4, -0.2) is 43.3 Å². The number of ether oxygens (including phenoxy) is 3. The Morgan fingerprint density at radius 1 is 1.33 bits per heavy atom. The topological polar surface area (TPSA) is 77.9 Å². The second-order valence-electron chi connectivity index (χ2n) is 5.62. The number of carbonyl (C=O) groups is 1. The first-order valence-corrected chi connectivity index (χ1v) is 7.71. The third kappa shape index (κ3) is 3.19. The van der Waals surface area contributed by atoms with Gasteiger partial charge in [0.1, 0.15) is 11.5 Å². The number of aldehydes is 1. The van der Waals surface area contributed by atoms with Gasteiger partial charge in [-0.3, -0.25) is 4.79 Å². The minimum absolute atomic E-state index is 0.0874. The van der Waals surface area contributed by atoms with Crippen LogP contribution in [0.3, 0.4) is 0 Å². The van der Waals surface area contributed by atoms with Crippen molar-refractivity contribution < 1.29 is 24.1 Å². The molecule has 1 aromatic carbocycles. The lowest BCUT2D eigenvalue weighted by molar-refractivity contribution is 0.111. The van der Waals surface area contributed by atoms with Gasteiger partial charge in [-0.1, -0.05) is 12.1 Å². The van der Waals surface area contributed by atoms with Gasteiger partial charge < -0.3 is 19.3 Å². The summed E-state index contributed by atoms with van der Waals surface area (Å²) in [6.45, 7) is 1.49. The molecule has 0 spiro atoms. The number of phenols is 1. The van der Waals surface area contributed by atoms with Crippen molar-refractivity contribution in [3.8, 4) is 17.4 Å². The Morgan fingerprint density at radius 2 is 2.21 bits per heavy atom. The molecule has 2 heterocycles. The molecule has 6 nitrogen and oxygen atoms in total. The molecule has 1 aliphatic rings. The predicted molar refractivity (Wildman–Crippen MR) is 86.8 cm³/mol. The minimum Gasteiger partial charge on any atom is -0.507 e. The van der Waals surface area contributed by atoms with Gasteiger partial charge in [0.25, 0.3) is 0 Å². The Bertz CT molecular complexity index is 718. The standard InChI is InChI=1S/C18H19NO5/c1-22-18-13(4-3-7-19-18)15-11-23-9-12(15)10-24-17-6-2-5-16(21)14(17)8-20/h2-8,12,15,21H,9-11H2,1H3. The summed E-state index contributed by atoms with van der Waals surface area (Å²) in [5, 5.41) is 9.72. The van der Waals surface area contributed by atoms with Crippen LogP contribution >= 0.6 is 0 Å². The van der Waals surface area contributed by atoms with Crippen molar-refractivity contribution in [1.29, 1.82) is 0 Å². The first-order valence-electron chi connectivity index (χ1n) is 7.71. The number of hydrogen-bond donors (Lipinski definition) is 1. The lowest BCUT2D eigenvalue weighted by Gasteiger charge is -2.20. The largest absolute Gasteiger partial charge is 0.507 e. The van der Waals surface area contributed by atoms with Crippen molar-refractivity contribution >= 4 is 6.29 Å². The maximum atomic E-state index is 11.1. The Labute approximate surface area is 140 Å². The van der Waals surface area contributed by atoms with Crippen LogP contribution in [-0.2, 0) is 4.74 Å². The molecule has 1 aliphatic heterocycles. The van der Waals surface area contributed by atoms with E-state index >= 15 is 0 Å². The number of rotatable bonds is 6. The molecule has 0 aliphatic carbocycles. The average Bonchev–Trinajstić information content (AvgIpc) is 3.08. The van der Waals surface area contributed by atoms with E-state index in [4.69, 9.17) is 14.2 Å². The maximum Gasteiger partial charge on any atom is 0.216 e. The van der Waals surface area contributed by atoms with Crippen LogP contribution in [0.2, 0.25) is 0 Å². The molecule has 2 unspecified atom stereocenters. The quantitative estimate of drug-likeness (QED) is 0.820. The summed E-state index contributed by atoms with van der Waals surface area (Å²) < 4.78 is 16.7. The fourth-order valence-electron chi connectivity index (χ4n) is 2.94. The lowest BCUT2D eigenvalue weighted by atomic mass is 9.90. The number of benzene rings is 1. The van der Waals surface area contributed by atoms with E-state index in [1.54, 1.807) is 25.4 Å². The zero-order chi connectivity index (χ0) is 16.9. The zero-order valence-electron chi connectivity index (χ0n) is 13.3. The molecular weight excluding hydrogens is 310 g/mol. The molecule has 126 valence electrons. The average molecular weight is 329 g/mol. The molecule has 24 heavy (non-hydrogen) atoms. The van der Waals surface area contributed by atoms with Gasteiger partial charge in [0.2, 0.25) is 5.88 Å². The Kier molecular flexibility index (Phi) is 4.96. The molecular formula is C18H19NO5. The predicted octanol–water partition coefficient (Wildman–Crippen LogP) is 2.42. The van der Waals surface area contributed by atoms with Crippen LogP contribution in [0.1, 0.15) is 21.8 Å². The van der Waals surface area contributed by atoms with E-state index in [2.05, 4.69) is 4.98 Å². The van der Waals surface area contributed by atoms with E-state index in [1.165, 1.54) is 6.07 Å². The molecule has 1 aromatic heterocycles. The first kappa shape index (κ1) is 16.3. The first-order chi connectivity index (χ1) is 11.7. The van der Waals surface area contributed by atoms with Gasteiger partial charge in [0, 0.05) is 23.6 Å². The number of methoxy groups -OCH3 is 1. The third-order valence-corrected chi connectivity index (χ3v) is 4.21. The Hall–Kier alpha value is -2.60. The van der Waals surface area contributed by atoms with E-state index in [0.717, 1.165) is 5.56 Å². The van der Waals surface area contributed by atoms with Crippen molar-refractivity contribution in [2.45, 2.75) is 5.92 Å². The smallest absolute Gasteiger partial charge is 0.216 e. The van der Waals surface area contributed by atoms with Gasteiger partial charge in [0.05, 0.1) is 32.5 Å². The third-order valence-electron chi connectivity index (χ3n) is 4.21. The van der Waals surface area contributed by atoms with Crippen LogP contribution in [0.4, 0.5) is 0 Å². The number of aromatic hydroxyl groups is 1. The minimum atomic E-state index is -0.0874. The van der Waals surface area contributed by atoms with Crippen molar-refractivity contribution in [3.05, 3.63) is 47.7 Å². The lowest BCUT2D eigenvalue weighted by Crippen LogP contribution is -2.20. The summed E-state index contributed by atoms with van der Waals surface area (Å²) in [5.41, 5.74) is 1.14. The zero-order valence-corrected chi connectivity index (χ0v) is 13.3. The summed E-state index contributed by atoms with van der Waals surface area (Å²) in [6, 6.07) is 8.61. The van der Waals surface area contributed by atoms with Crippen LogP contribution in [0, 0.1) is 5.92 Å². The van der Waals surface area contributed by atoms with Gasteiger partial charge >= 0.3 is 0 Å². The van der Waals surface area contributed by atoms with Crippen molar-refractivity contribution in [2.75, 3.05) is 26.9 Å². The van der Waals surface area contributed by atoms with Gasteiger partial charge in [-0.05, 0) is 18.2 Å². The van der Waals surface area contributed by atoms with E-state index in [0.29, 0.717) is 37.7 Å². The fraction of sp³-hybridized carbons (Fsp3) is 0.333. The highest BCUT2D eigenvalue weighted by molar-refractivity contribution is 5.83. The summed E-state index contributed by atoms with van der Waals surface area (Å²) in [4.78, 5) is 15.4. The molecule has 1 fully saturated rings. The maximum absolute atomic E-state index is 11.1. The van der Waals surface area contributed by atoms with Gasteiger partial charge in [-0.15, -0.1) is 0 Å². The molecule has 3 rings (SSSR count). The Morgan fingerprint density at radius 3 is 3.00 bits per heavy atom. The monoisotopic (exact) mass is 329 g/mol. The second kappa shape index (κ2) is 7.31. The van der Waals surface area contributed by atoms with Crippen molar-refractivity contribution in [2.24, 2.45) is 5.92 Å². The number of pyridine rings is 1. The summed E-state index contributed by atoms with van der Waals surface area (Å²) in [6.07, 6.45) is 2.28. The van der Waals surface area contributed by atoms with Crippen LogP contribution in [0.25, 0.3) is 0 Å². The van der Waals surface area contributed by atoms with E-state index in [9.17, 15) is 9.90 Å². The van der Waals surface area contributed by atoms with Crippen molar-refractivity contribution in [3.63, 3.8) is 0 Å². The number of carbonyl (C=O) groups excluding carboxylic acids is 1. The van der Waals surface area contributed by atoms with Crippen LogP contribution in [0.15, 0.2) is 36.5 Å². The molecule has 2 atom stereocenters. The van der Waals surface area contributed by atoms with Gasteiger partial charge in [-0.25, -0.2) is 4.98 Å². The molecule has 1 N–H and O–H groups in total. The van der Waals surface area contributed by atoms with E-state index in [-0.39, 0.29) is 23.1 Å². The number of phenolic OH excluding ortho intramolecular Hbond substituents is 1. The van der Waals surface area contributed by atoms with Crippen LogP contribution in [0.5, 0.6) is 17.4 Å². The van der Waals surface area contributed by atoms with Gasteiger partial charge in [0.15, 0.2) is 6.29 Å². The fourth-order valence-corrected chi connectivity index (χ4v) is 2.94. The Balaban J connectivity index is 1.75. The molecule has 0 saturated carbocycles. The highest BCUT2D eigenvalue weighted by atomic mass is 16.5. The highest BCUT2D eigenvalue weighted by Crippen LogP contribution is 2.36. The molecule has 1 saturated heterocycles. The van der Waals surface area contributed by atoms with Crippen molar-refractivity contribution in [1.82, 2.24) is 4.98 Å². The number of aromatic nitrogens is 1. The van der Waals surface area contributed by atoms with E-state index < -0.39 is 0 Å². The van der Waals surface area contributed by atoms with Gasteiger partial charge in [-0.2, -0.15) is 0 Å². The molecule has 0 bridgehead atoms. The summed E-state index contributed by atoms with van der Waals surface area (Å²) in [7, 11) is 1.59. The van der Waals surface area contributed by atoms with Crippen LogP contribution < -0.4 is 9.47 Å². The summed E-state index contributed by atoms with van der Waals surface area (Å²) in [5.74, 6) is 1.07. The second-order valence-corrected chi connectivity index (χ2v) is 5.62. The molecule has 2 aromatic rings. The molecule has 0 amide bonds. The SMILES string of the molecule is COc1ncccc1C1COCC1COc1cccc(O)c1C=O. The number of hydrogen-bond acceptors (Lipinski definition) is 6. The molecule has 0 radical (unpaired) electrons.